The Bertz CT molecular complexity index is 292. The van der Waals surface area contributed by atoms with Gasteiger partial charge in [0.1, 0.15) is 0 Å². The highest BCUT2D eigenvalue weighted by molar-refractivity contribution is 4.88. The van der Waals surface area contributed by atoms with Crippen molar-refractivity contribution < 1.29 is 0 Å². The number of hydrogen-bond donors (Lipinski definition) is 1. The van der Waals surface area contributed by atoms with Crippen molar-refractivity contribution >= 4 is 0 Å². The van der Waals surface area contributed by atoms with Gasteiger partial charge in [-0.05, 0) is 62.8 Å². The Labute approximate surface area is 125 Å². The molecule has 1 heterocycles. The van der Waals surface area contributed by atoms with Crippen LogP contribution in [0.1, 0.15) is 65.2 Å². The molecule has 3 fully saturated rings. The summed E-state index contributed by atoms with van der Waals surface area (Å²) in [6, 6.07) is 1.67. The molecule has 1 N–H and O–H groups in total. The fourth-order valence-electron chi connectivity index (χ4n) is 4.34. The third-order valence-corrected chi connectivity index (χ3v) is 5.95. The van der Waals surface area contributed by atoms with Crippen molar-refractivity contribution in [2.75, 3.05) is 19.6 Å². The van der Waals surface area contributed by atoms with Gasteiger partial charge in [0.25, 0.3) is 0 Å². The van der Waals surface area contributed by atoms with Gasteiger partial charge in [0.15, 0.2) is 0 Å². The molecule has 3 aliphatic rings. The van der Waals surface area contributed by atoms with E-state index in [2.05, 4.69) is 24.1 Å². The van der Waals surface area contributed by atoms with E-state index in [1.54, 1.807) is 0 Å². The molecule has 2 aliphatic carbocycles. The molecule has 20 heavy (non-hydrogen) atoms. The molecule has 3 rings (SSSR count). The van der Waals surface area contributed by atoms with Crippen LogP contribution in [-0.2, 0) is 0 Å². The Morgan fingerprint density at radius 2 is 1.85 bits per heavy atom. The third kappa shape index (κ3) is 3.98. The van der Waals surface area contributed by atoms with Crippen LogP contribution < -0.4 is 5.32 Å². The average Bonchev–Trinajstić information content (AvgIpc) is 3.12. The molecule has 0 spiro atoms. The van der Waals surface area contributed by atoms with Gasteiger partial charge < -0.3 is 5.32 Å². The van der Waals surface area contributed by atoms with E-state index in [0.717, 1.165) is 29.8 Å². The molecule has 0 amide bonds. The summed E-state index contributed by atoms with van der Waals surface area (Å²) in [5.74, 6) is 2.90. The van der Waals surface area contributed by atoms with Crippen molar-refractivity contribution in [3.8, 4) is 0 Å². The Morgan fingerprint density at radius 1 is 1.00 bits per heavy atom. The van der Waals surface area contributed by atoms with E-state index in [4.69, 9.17) is 0 Å². The number of nitrogens with one attached hydrogen (secondary N) is 1. The lowest BCUT2D eigenvalue weighted by molar-refractivity contribution is 0.101. The van der Waals surface area contributed by atoms with E-state index in [1.165, 1.54) is 71.0 Å². The van der Waals surface area contributed by atoms with Crippen LogP contribution in [0.4, 0.5) is 0 Å². The first kappa shape index (κ1) is 14.8. The molecule has 3 atom stereocenters. The average molecular weight is 278 g/mol. The van der Waals surface area contributed by atoms with Crippen LogP contribution in [0.3, 0.4) is 0 Å². The van der Waals surface area contributed by atoms with Gasteiger partial charge in [-0.1, -0.05) is 26.7 Å². The smallest absolute Gasteiger partial charge is 0.0195 e. The molecular formula is C18H34N2. The molecule has 1 aliphatic heterocycles. The Balaban J connectivity index is 1.57. The maximum Gasteiger partial charge on any atom is 0.0195 e. The van der Waals surface area contributed by atoms with E-state index in [0.29, 0.717) is 0 Å². The van der Waals surface area contributed by atoms with Crippen LogP contribution in [0.15, 0.2) is 0 Å². The predicted octanol–water partition coefficient (Wildman–Crippen LogP) is 3.67. The first-order valence-electron chi connectivity index (χ1n) is 9.20. The fourth-order valence-corrected chi connectivity index (χ4v) is 4.34. The van der Waals surface area contributed by atoms with E-state index in [1.807, 2.05) is 0 Å². The lowest BCUT2D eigenvalue weighted by atomic mass is 9.78. The standard InChI is InChI=1S/C18H34N2/c1-14(2)16-5-3-7-18(11-16)20(12-15-8-9-15)13-17-6-4-10-19-17/h14-19H,3-13H2,1-2H3. The molecular weight excluding hydrogens is 244 g/mol. The van der Waals surface area contributed by atoms with E-state index >= 15 is 0 Å². The maximum absolute atomic E-state index is 3.71. The number of hydrogen-bond acceptors (Lipinski definition) is 2. The Hall–Kier alpha value is -0.0800. The van der Waals surface area contributed by atoms with E-state index in [-0.39, 0.29) is 0 Å². The molecule has 1 saturated heterocycles. The Kier molecular flexibility index (Phi) is 5.04. The van der Waals surface area contributed by atoms with Crippen molar-refractivity contribution in [3.05, 3.63) is 0 Å². The molecule has 0 aromatic heterocycles. The van der Waals surface area contributed by atoms with Crippen LogP contribution in [0, 0.1) is 17.8 Å². The van der Waals surface area contributed by atoms with Crippen molar-refractivity contribution in [1.29, 1.82) is 0 Å². The number of nitrogens with zero attached hydrogens (tertiary/aromatic N) is 1. The van der Waals surface area contributed by atoms with Crippen LogP contribution in [0.2, 0.25) is 0 Å². The Morgan fingerprint density at radius 3 is 2.50 bits per heavy atom. The van der Waals surface area contributed by atoms with Gasteiger partial charge in [-0.2, -0.15) is 0 Å². The molecule has 116 valence electrons. The molecule has 0 bridgehead atoms. The lowest BCUT2D eigenvalue weighted by Gasteiger charge is -2.40. The highest BCUT2D eigenvalue weighted by Gasteiger charge is 2.33. The molecule has 0 radical (unpaired) electrons. The molecule has 0 aromatic carbocycles. The van der Waals surface area contributed by atoms with Crippen LogP contribution in [-0.4, -0.2) is 36.6 Å². The summed E-state index contributed by atoms with van der Waals surface area (Å²) in [5.41, 5.74) is 0. The second-order valence-corrected chi connectivity index (χ2v) is 8.02. The minimum Gasteiger partial charge on any atom is -0.313 e. The monoisotopic (exact) mass is 278 g/mol. The van der Waals surface area contributed by atoms with E-state index in [9.17, 15) is 0 Å². The molecule has 2 nitrogen and oxygen atoms in total. The highest BCUT2D eigenvalue weighted by Crippen LogP contribution is 2.36. The molecule has 3 unspecified atom stereocenters. The van der Waals surface area contributed by atoms with Gasteiger partial charge in [0.05, 0.1) is 0 Å². The molecule has 0 aromatic rings. The quantitative estimate of drug-likeness (QED) is 0.797. The predicted molar refractivity (Wildman–Crippen MR) is 85.9 cm³/mol. The summed E-state index contributed by atoms with van der Waals surface area (Å²) in [4.78, 5) is 2.90. The zero-order chi connectivity index (χ0) is 13.9. The van der Waals surface area contributed by atoms with Gasteiger partial charge >= 0.3 is 0 Å². The summed E-state index contributed by atoms with van der Waals surface area (Å²) in [6.07, 6.45) is 11.7. The number of rotatable bonds is 6. The van der Waals surface area contributed by atoms with Gasteiger partial charge in [0.2, 0.25) is 0 Å². The lowest BCUT2D eigenvalue weighted by Crippen LogP contribution is -2.46. The molecule has 2 saturated carbocycles. The van der Waals surface area contributed by atoms with Gasteiger partial charge in [0, 0.05) is 25.2 Å². The third-order valence-electron chi connectivity index (χ3n) is 5.95. The summed E-state index contributed by atoms with van der Waals surface area (Å²) in [5, 5.41) is 3.71. The van der Waals surface area contributed by atoms with Gasteiger partial charge in [-0.3, -0.25) is 4.90 Å². The second-order valence-electron chi connectivity index (χ2n) is 8.02. The van der Waals surface area contributed by atoms with E-state index < -0.39 is 0 Å². The van der Waals surface area contributed by atoms with Gasteiger partial charge in [-0.15, -0.1) is 0 Å². The largest absolute Gasteiger partial charge is 0.313 e. The minimum atomic E-state index is 0.785. The second kappa shape index (κ2) is 6.79. The summed E-state index contributed by atoms with van der Waals surface area (Å²) in [6.45, 7) is 8.83. The van der Waals surface area contributed by atoms with Crippen molar-refractivity contribution in [3.63, 3.8) is 0 Å². The zero-order valence-electron chi connectivity index (χ0n) is 13.6. The highest BCUT2D eigenvalue weighted by atomic mass is 15.2. The van der Waals surface area contributed by atoms with Crippen LogP contribution >= 0.6 is 0 Å². The van der Waals surface area contributed by atoms with Gasteiger partial charge in [-0.25, -0.2) is 0 Å². The zero-order valence-corrected chi connectivity index (χ0v) is 13.6. The van der Waals surface area contributed by atoms with Crippen LogP contribution in [0.5, 0.6) is 0 Å². The van der Waals surface area contributed by atoms with Crippen molar-refractivity contribution in [2.45, 2.75) is 77.3 Å². The molecule has 2 heteroatoms. The first-order valence-corrected chi connectivity index (χ1v) is 9.20. The fraction of sp³-hybridized carbons (Fsp3) is 1.00. The minimum absolute atomic E-state index is 0.785. The first-order chi connectivity index (χ1) is 9.72. The summed E-state index contributed by atoms with van der Waals surface area (Å²) in [7, 11) is 0. The van der Waals surface area contributed by atoms with Crippen molar-refractivity contribution in [2.24, 2.45) is 17.8 Å². The SMILES string of the molecule is CC(C)C1CCCC(N(CC2CC2)CC2CCCN2)C1. The normalized spacial score (nSPS) is 35.1. The van der Waals surface area contributed by atoms with Crippen LogP contribution in [0.25, 0.3) is 0 Å². The maximum atomic E-state index is 3.71. The van der Waals surface area contributed by atoms with Crippen molar-refractivity contribution in [1.82, 2.24) is 10.2 Å². The summed E-state index contributed by atoms with van der Waals surface area (Å²) >= 11 is 0. The topological polar surface area (TPSA) is 15.3 Å². The summed E-state index contributed by atoms with van der Waals surface area (Å²) < 4.78 is 0.